The molecule has 1 heteroatoms. The second kappa shape index (κ2) is 4.85. The normalized spacial score (nSPS) is 18.9. The molecule has 1 nitrogen and oxygen atoms in total. The minimum absolute atomic E-state index is 0.330. The number of aryl methyl sites for hydroxylation is 1. The van der Waals surface area contributed by atoms with Gasteiger partial charge in [0.25, 0.3) is 0 Å². The van der Waals surface area contributed by atoms with Crippen molar-refractivity contribution in [3.05, 3.63) is 65.7 Å². The van der Waals surface area contributed by atoms with E-state index >= 15 is 0 Å². The molecule has 0 saturated heterocycles. The van der Waals surface area contributed by atoms with Crippen LogP contribution >= 0.6 is 0 Å². The van der Waals surface area contributed by atoms with Gasteiger partial charge in [-0.1, -0.05) is 42.5 Å². The molecule has 0 heterocycles. The molecule has 1 aliphatic carbocycles. The van der Waals surface area contributed by atoms with Gasteiger partial charge in [0.15, 0.2) is 0 Å². The molecule has 18 heavy (non-hydrogen) atoms. The summed E-state index contributed by atoms with van der Waals surface area (Å²) in [4.78, 5) is 2.22. The summed E-state index contributed by atoms with van der Waals surface area (Å²) in [5, 5.41) is 0. The number of benzene rings is 2. The van der Waals surface area contributed by atoms with E-state index in [4.69, 9.17) is 1.37 Å². The summed E-state index contributed by atoms with van der Waals surface area (Å²) in [6.45, 7) is 0. The van der Waals surface area contributed by atoms with E-state index in [0.29, 0.717) is 13.1 Å². The van der Waals surface area contributed by atoms with Crippen LogP contribution in [-0.2, 0) is 12.8 Å². The summed E-state index contributed by atoms with van der Waals surface area (Å²) in [6, 6.07) is 19.5. The average molecular weight is 238 g/mol. The maximum Gasteiger partial charge on any atom is 0.0456 e. The van der Waals surface area contributed by atoms with Gasteiger partial charge in [-0.2, -0.15) is 0 Å². The molecule has 92 valence electrons. The van der Waals surface area contributed by atoms with Gasteiger partial charge in [-0.05, 0) is 42.5 Å². The van der Waals surface area contributed by atoms with Crippen LogP contribution in [0.3, 0.4) is 0 Å². The van der Waals surface area contributed by atoms with Crippen molar-refractivity contribution >= 4 is 5.69 Å². The summed E-state index contributed by atoms with van der Waals surface area (Å²) in [6.07, 6.45) is 3.33. The number of rotatable bonds is 2. The van der Waals surface area contributed by atoms with Crippen molar-refractivity contribution in [1.82, 2.24) is 0 Å². The van der Waals surface area contributed by atoms with E-state index in [-0.39, 0.29) is 0 Å². The van der Waals surface area contributed by atoms with Crippen LogP contribution in [0.1, 0.15) is 18.9 Å². The molecule has 2 aromatic carbocycles. The van der Waals surface area contributed by atoms with Crippen molar-refractivity contribution in [3.8, 4) is 0 Å². The lowest BCUT2D eigenvalue weighted by atomic mass is 9.87. The lowest BCUT2D eigenvalue weighted by Gasteiger charge is -2.34. The van der Waals surface area contributed by atoms with E-state index in [9.17, 15) is 0 Å². The van der Waals surface area contributed by atoms with E-state index in [1.54, 1.807) is 0 Å². The topological polar surface area (TPSA) is 3.24 Å². The van der Waals surface area contributed by atoms with Crippen LogP contribution in [0.4, 0.5) is 5.69 Å². The first-order valence-electron chi connectivity index (χ1n) is 7.27. The van der Waals surface area contributed by atoms with Crippen LogP contribution in [0.15, 0.2) is 54.6 Å². The Kier molecular flexibility index (Phi) is 2.75. The Balaban J connectivity index is 1.83. The number of hydrogen-bond acceptors (Lipinski definition) is 1. The fourth-order valence-corrected chi connectivity index (χ4v) is 2.77. The number of fused-ring (bicyclic) bond motifs is 1. The van der Waals surface area contributed by atoms with Gasteiger partial charge >= 0.3 is 0 Å². The second-order valence-electron chi connectivity index (χ2n) is 4.97. The van der Waals surface area contributed by atoms with E-state index in [1.165, 1.54) is 16.8 Å². The van der Waals surface area contributed by atoms with Crippen molar-refractivity contribution < 1.29 is 1.37 Å². The summed E-state index contributed by atoms with van der Waals surface area (Å²) < 4.78 is 7.84. The number of hydrogen-bond donors (Lipinski definition) is 0. The lowest BCUT2D eigenvalue weighted by Crippen LogP contribution is -2.36. The van der Waals surface area contributed by atoms with Crippen LogP contribution in [0.25, 0.3) is 0 Å². The van der Waals surface area contributed by atoms with E-state index < -0.39 is 0 Å². The molecule has 3 rings (SSSR count). The van der Waals surface area contributed by atoms with Crippen molar-refractivity contribution in [1.29, 1.82) is 0 Å². The molecular weight excluding hydrogens is 218 g/mol. The quantitative estimate of drug-likeness (QED) is 0.771. The first-order valence-corrected chi connectivity index (χ1v) is 6.56. The summed E-state index contributed by atoms with van der Waals surface area (Å²) in [5.74, 6) is 0. The van der Waals surface area contributed by atoms with E-state index in [1.807, 2.05) is 6.07 Å². The largest absolute Gasteiger partial charge is 0.371 e. The Morgan fingerprint density at radius 1 is 1.00 bits per heavy atom. The average Bonchev–Trinajstić information content (AvgIpc) is 2.49. The highest BCUT2D eigenvalue weighted by molar-refractivity contribution is 5.47. The van der Waals surface area contributed by atoms with Gasteiger partial charge in [0.1, 0.15) is 0 Å². The molecule has 2 aromatic rings. The van der Waals surface area contributed by atoms with Crippen molar-refractivity contribution in [2.45, 2.75) is 25.3 Å². The van der Waals surface area contributed by atoms with Crippen LogP contribution < -0.4 is 4.90 Å². The minimum atomic E-state index is 0.330. The van der Waals surface area contributed by atoms with Crippen molar-refractivity contribution in [2.75, 3.05) is 11.9 Å². The Bertz CT molecular complexity index is 538. The molecule has 1 atom stereocenters. The third-order valence-electron chi connectivity index (χ3n) is 3.85. The zero-order valence-electron chi connectivity index (χ0n) is 11.5. The molecule has 0 N–H and O–H groups in total. The smallest absolute Gasteiger partial charge is 0.0456 e. The van der Waals surface area contributed by atoms with Gasteiger partial charge in [-0.3, -0.25) is 0 Å². The Hall–Kier alpha value is -1.76. The van der Waals surface area contributed by atoms with Gasteiger partial charge in [0.2, 0.25) is 0 Å². The van der Waals surface area contributed by atoms with Crippen LogP contribution in [0.5, 0.6) is 0 Å². The predicted octanol–water partition coefficient (Wildman–Crippen LogP) is 3.68. The number of nitrogens with zero attached hydrogens (tertiary/aromatic N) is 1. The Labute approximate surface area is 110 Å². The monoisotopic (exact) mass is 238 g/mol. The number of anilines is 1. The highest BCUT2D eigenvalue weighted by Crippen LogP contribution is 2.26. The summed E-state index contributed by atoms with van der Waals surface area (Å²) >= 11 is 0. The van der Waals surface area contributed by atoms with Crippen LogP contribution in [0, 0.1) is 0 Å². The first kappa shape index (κ1) is 10.2. The molecule has 0 bridgehead atoms. The van der Waals surface area contributed by atoms with Gasteiger partial charge in [-0.15, -0.1) is 0 Å². The molecule has 0 aliphatic heterocycles. The Morgan fingerprint density at radius 2 is 1.72 bits per heavy atom. The third-order valence-corrected chi connectivity index (χ3v) is 3.85. The van der Waals surface area contributed by atoms with E-state index in [0.717, 1.165) is 19.3 Å². The molecule has 1 unspecified atom stereocenters. The van der Waals surface area contributed by atoms with Crippen LogP contribution in [-0.4, -0.2) is 13.1 Å². The highest BCUT2D eigenvalue weighted by atomic mass is 15.1. The van der Waals surface area contributed by atoms with Crippen LogP contribution in [0.2, 0.25) is 0 Å². The molecule has 0 amide bonds. The Morgan fingerprint density at radius 3 is 2.50 bits per heavy atom. The zero-order valence-corrected chi connectivity index (χ0v) is 10.5. The molecule has 0 radical (unpaired) electrons. The first-order chi connectivity index (χ1) is 9.38. The van der Waals surface area contributed by atoms with Gasteiger partial charge in [0, 0.05) is 20.1 Å². The predicted molar refractivity (Wildman–Crippen MR) is 77.1 cm³/mol. The fourth-order valence-electron chi connectivity index (χ4n) is 2.77. The molecule has 0 fully saturated rings. The molecule has 0 spiro atoms. The minimum Gasteiger partial charge on any atom is -0.371 e. The highest BCUT2D eigenvalue weighted by Gasteiger charge is 2.21. The van der Waals surface area contributed by atoms with E-state index in [2.05, 4.69) is 53.4 Å². The third kappa shape index (κ3) is 2.13. The summed E-state index contributed by atoms with van der Waals surface area (Å²) in [7, 11) is 0.330. The molecular formula is C17H19N. The van der Waals surface area contributed by atoms with Crippen molar-refractivity contribution in [3.63, 3.8) is 0 Å². The second-order valence-corrected chi connectivity index (χ2v) is 4.97. The SMILES string of the molecule is [2H]CN(c1ccccc1)C1CCc2ccccc2C1. The number of likely N-dealkylation sites (N-methyl/N-ethyl adjacent to an activating group) is 1. The number of para-hydroxylation sites is 1. The zero-order chi connectivity index (χ0) is 13.1. The van der Waals surface area contributed by atoms with Gasteiger partial charge in [0.05, 0.1) is 0 Å². The lowest BCUT2D eigenvalue weighted by molar-refractivity contribution is 0.548. The molecule has 0 saturated carbocycles. The van der Waals surface area contributed by atoms with Gasteiger partial charge < -0.3 is 4.90 Å². The maximum absolute atomic E-state index is 7.84. The van der Waals surface area contributed by atoms with Gasteiger partial charge in [-0.25, -0.2) is 0 Å². The molecule has 1 aliphatic rings. The standard InChI is InChI=1S/C17H19N/c1-18(16-9-3-2-4-10-16)17-12-11-14-7-5-6-8-15(14)13-17/h2-10,17H,11-13H2,1H3/i1D. The molecule has 0 aromatic heterocycles. The van der Waals surface area contributed by atoms with Crippen molar-refractivity contribution in [2.24, 2.45) is 0 Å². The summed E-state index contributed by atoms with van der Waals surface area (Å²) in [5.41, 5.74) is 4.10. The maximum atomic E-state index is 7.84. The fraction of sp³-hybridized carbons (Fsp3) is 0.294.